The van der Waals surface area contributed by atoms with Gasteiger partial charge in [-0.25, -0.2) is 4.79 Å². The summed E-state index contributed by atoms with van der Waals surface area (Å²) in [4.78, 5) is 25.5. The van der Waals surface area contributed by atoms with E-state index in [9.17, 15) is 14.9 Å². The first-order valence-corrected chi connectivity index (χ1v) is 9.87. The lowest BCUT2D eigenvalue weighted by molar-refractivity contribution is -0.124. The first kappa shape index (κ1) is 20.3. The second-order valence-electron chi connectivity index (χ2n) is 6.00. The van der Waals surface area contributed by atoms with Gasteiger partial charge in [-0.2, -0.15) is 5.26 Å². The van der Waals surface area contributed by atoms with Crippen molar-refractivity contribution in [3.05, 3.63) is 71.7 Å². The highest BCUT2D eigenvalue weighted by molar-refractivity contribution is 7.99. The van der Waals surface area contributed by atoms with Gasteiger partial charge in [0.1, 0.15) is 23.0 Å². The summed E-state index contributed by atoms with van der Waals surface area (Å²) < 4.78 is 12.2. The highest BCUT2D eigenvalue weighted by atomic mass is 32.2. The highest BCUT2D eigenvalue weighted by Crippen LogP contribution is 2.26. The standard InChI is InChI=1S/C21H19N3O4S/c1-15-19(17(13-22)20(28-15)24-10-5-6-11-24)21(26)27-14-18(25)23-9-12-29-16-7-3-2-4-8-16/h2-8,10-11H,9,12,14H2,1H3,(H,23,25). The van der Waals surface area contributed by atoms with Gasteiger partial charge in [0, 0.05) is 29.6 Å². The van der Waals surface area contributed by atoms with Crippen molar-refractivity contribution in [3.8, 4) is 12.0 Å². The molecule has 0 bridgehead atoms. The Bertz CT molecular complexity index is 1020. The first-order valence-electron chi connectivity index (χ1n) is 8.88. The van der Waals surface area contributed by atoms with Crippen molar-refractivity contribution in [2.75, 3.05) is 18.9 Å². The fourth-order valence-corrected chi connectivity index (χ4v) is 3.45. The van der Waals surface area contributed by atoms with E-state index in [0.717, 1.165) is 4.90 Å². The Kier molecular flexibility index (Phi) is 6.76. The molecule has 2 aromatic heterocycles. The number of carbonyl (C=O) groups excluding carboxylic acids is 2. The van der Waals surface area contributed by atoms with E-state index < -0.39 is 18.5 Å². The maximum Gasteiger partial charge on any atom is 0.343 e. The van der Waals surface area contributed by atoms with Gasteiger partial charge in [0.15, 0.2) is 6.61 Å². The number of nitrogens with zero attached hydrogens (tertiary/aromatic N) is 2. The average molecular weight is 409 g/mol. The quantitative estimate of drug-likeness (QED) is 0.348. The maximum absolute atomic E-state index is 12.4. The molecule has 1 aromatic carbocycles. The molecule has 2 heterocycles. The lowest BCUT2D eigenvalue weighted by atomic mass is 10.1. The number of furan rings is 1. The molecule has 148 valence electrons. The van der Waals surface area contributed by atoms with Crippen LogP contribution in [0, 0.1) is 18.3 Å². The molecule has 8 heteroatoms. The summed E-state index contributed by atoms with van der Waals surface area (Å²) in [6.07, 6.45) is 3.41. The summed E-state index contributed by atoms with van der Waals surface area (Å²) in [6, 6.07) is 15.4. The topological polar surface area (TPSA) is 97.3 Å². The van der Waals surface area contributed by atoms with Gasteiger partial charge >= 0.3 is 5.97 Å². The van der Waals surface area contributed by atoms with Crippen LogP contribution in [-0.4, -0.2) is 35.3 Å². The number of aryl methyl sites for hydroxylation is 1. The van der Waals surface area contributed by atoms with Crippen molar-refractivity contribution in [3.63, 3.8) is 0 Å². The molecule has 0 fully saturated rings. The number of thioether (sulfide) groups is 1. The van der Waals surface area contributed by atoms with E-state index in [1.165, 1.54) is 0 Å². The van der Waals surface area contributed by atoms with Crippen LogP contribution in [0.5, 0.6) is 0 Å². The van der Waals surface area contributed by atoms with Gasteiger partial charge in [-0.3, -0.25) is 9.36 Å². The number of ether oxygens (including phenoxy) is 1. The molecular formula is C21H19N3O4S. The monoisotopic (exact) mass is 409 g/mol. The summed E-state index contributed by atoms with van der Waals surface area (Å²) >= 11 is 1.62. The molecule has 3 aromatic rings. The molecule has 0 aliphatic carbocycles. The fourth-order valence-electron chi connectivity index (χ4n) is 2.66. The molecule has 7 nitrogen and oxygen atoms in total. The van der Waals surface area contributed by atoms with Gasteiger partial charge in [0.25, 0.3) is 5.91 Å². The van der Waals surface area contributed by atoms with Crippen LogP contribution in [0.1, 0.15) is 21.7 Å². The average Bonchev–Trinajstić information content (AvgIpc) is 3.37. The summed E-state index contributed by atoms with van der Waals surface area (Å²) in [5.74, 6) is 0.0233. The van der Waals surface area contributed by atoms with Gasteiger partial charge in [0.05, 0.1) is 0 Å². The Morgan fingerprint density at radius 2 is 1.93 bits per heavy atom. The van der Waals surface area contributed by atoms with Gasteiger partial charge in [0.2, 0.25) is 5.88 Å². The van der Waals surface area contributed by atoms with E-state index in [-0.39, 0.29) is 22.8 Å². The van der Waals surface area contributed by atoms with Crippen molar-refractivity contribution in [1.82, 2.24) is 9.88 Å². The molecule has 0 saturated heterocycles. The third-order valence-electron chi connectivity index (χ3n) is 3.99. The van der Waals surface area contributed by atoms with E-state index in [1.54, 1.807) is 47.8 Å². The zero-order valence-electron chi connectivity index (χ0n) is 15.8. The Morgan fingerprint density at radius 3 is 2.62 bits per heavy atom. The van der Waals surface area contributed by atoms with Crippen LogP contribution in [0.3, 0.4) is 0 Å². The maximum atomic E-state index is 12.4. The molecule has 1 amide bonds. The van der Waals surface area contributed by atoms with Crippen LogP contribution in [0.2, 0.25) is 0 Å². The lowest BCUT2D eigenvalue weighted by Crippen LogP contribution is -2.30. The van der Waals surface area contributed by atoms with Crippen LogP contribution >= 0.6 is 11.8 Å². The predicted octanol–water partition coefficient (Wildman–Crippen LogP) is 3.32. The number of carbonyl (C=O) groups is 2. The molecule has 0 saturated carbocycles. The summed E-state index contributed by atoms with van der Waals surface area (Å²) in [6.45, 7) is 1.59. The molecule has 29 heavy (non-hydrogen) atoms. The minimum Gasteiger partial charge on any atom is -0.452 e. The zero-order chi connectivity index (χ0) is 20.6. The van der Waals surface area contributed by atoms with Crippen LogP contribution in [0.25, 0.3) is 5.88 Å². The third kappa shape index (κ3) is 5.09. The van der Waals surface area contributed by atoms with Gasteiger partial charge in [-0.1, -0.05) is 18.2 Å². The molecule has 0 spiro atoms. The van der Waals surface area contributed by atoms with Crippen molar-refractivity contribution in [1.29, 1.82) is 5.26 Å². The van der Waals surface area contributed by atoms with Gasteiger partial charge in [-0.15, -0.1) is 11.8 Å². The second-order valence-corrected chi connectivity index (χ2v) is 7.17. The largest absolute Gasteiger partial charge is 0.452 e. The Hall–Kier alpha value is -3.44. The molecule has 0 atom stereocenters. The van der Waals surface area contributed by atoms with E-state index in [4.69, 9.17) is 9.15 Å². The molecule has 1 N–H and O–H groups in total. The molecule has 0 unspecified atom stereocenters. The van der Waals surface area contributed by atoms with Crippen LogP contribution in [-0.2, 0) is 9.53 Å². The predicted molar refractivity (Wildman–Crippen MR) is 108 cm³/mol. The number of aromatic nitrogens is 1. The van der Waals surface area contributed by atoms with E-state index in [1.807, 2.05) is 36.4 Å². The summed E-state index contributed by atoms with van der Waals surface area (Å²) in [5.41, 5.74) is 0.104. The van der Waals surface area contributed by atoms with Crippen LogP contribution in [0.15, 0.2) is 64.2 Å². The normalized spacial score (nSPS) is 10.3. The molecular weight excluding hydrogens is 390 g/mol. The number of nitrogens with one attached hydrogen (secondary N) is 1. The SMILES string of the molecule is Cc1oc(-n2cccc2)c(C#N)c1C(=O)OCC(=O)NCCSc1ccccc1. The van der Waals surface area contributed by atoms with Crippen LogP contribution < -0.4 is 5.32 Å². The smallest absolute Gasteiger partial charge is 0.343 e. The van der Waals surface area contributed by atoms with E-state index in [2.05, 4.69) is 5.32 Å². The molecule has 0 radical (unpaired) electrons. The number of benzene rings is 1. The second kappa shape index (κ2) is 9.66. The molecule has 0 aliphatic heterocycles. The number of hydrogen-bond acceptors (Lipinski definition) is 6. The fraction of sp³-hybridized carbons (Fsp3) is 0.190. The van der Waals surface area contributed by atoms with Crippen molar-refractivity contribution in [2.24, 2.45) is 0 Å². The van der Waals surface area contributed by atoms with Gasteiger partial charge in [-0.05, 0) is 31.2 Å². The van der Waals surface area contributed by atoms with Crippen LogP contribution in [0.4, 0.5) is 0 Å². The number of rotatable bonds is 8. The molecule has 3 rings (SSSR count). The zero-order valence-corrected chi connectivity index (χ0v) is 16.6. The van der Waals surface area contributed by atoms with E-state index >= 15 is 0 Å². The summed E-state index contributed by atoms with van der Waals surface area (Å²) in [7, 11) is 0. The number of hydrogen-bond donors (Lipinski definition) is 1. The van der Waals surface area contributed by atoms with E-state index in [0.29, 0.717) is 12.3 Å². The van der Waals surface area contributed by atoms with Crippen molar-refractivity contribution in [2.45, 2.75) is 11.8 Å². The number of esters is 1. The number of amides is 1. The number of nitriles is 1. The van der Waals surface area contributed by atoms with Gasteiger partial charge < -0.3 is 14.5 Å². The lowest BCUT2D eigenvalue weighted by Gasteiger charge is -2.06. The van der Waals surface area contributed by atoms with Crippen molar-refractivity contribution >= 4 is 23.6 Å². The molecule has 0 aliphatic rings. The Balaban J connectivity index is 1.51. The minimum atomic E-state index is -0.769. The summed E-state index contributed by atoms with van der Waals surface area (Å²) in [5, 5.41) is 12.2. The Morgan fingerprint density at radius 1 is 1.21 bits per heavy atom. The third-order valence-corrected chi connectivity index (χ3v) is 5.00. The van der Waals surface area contributed by atoms with Crippen molar-refractivity contribution < 1.29 is 18.7 Å². The Labute approximate surface area is 172 Å². The highest BCUT2D eigenvalue weighted by Gasteiger charge is 2.26. The minimum absolute atomic E-state index is 0.0311. The first-order chi connectivity index (χ1) is 14.1.